The molecule has 5 nitrogen and oxygen atoms in total. The molecule has 108 valence electrons. The van der Waals surface area contributed by atoms with Crippen molar-refractivity contribution in [2.45, 2.75) is 52.6 Å². The van der Waals surface area contributed by atoms with Crippen LogP contribution in [0.25, 0.3) is 0 Å². The van der Waals surface area contributed by atoms with Crippen LogP contribution in [0.15, 0.2) is 4.52 Å². The van der Waals surface area contributed by atoms with Gasteiger partial charge in [-0.15, -0.1) is 0 Å². The van der Waals surface area contributed by atoms with Gasteiger partial charge in [0, 0.05) is 38.1 Å². The first-order chi connectivity index (χ1) is 9.10. The van der Waals surface area contributed by atoms with Crippen LogP contribution in [0.5, 0.6) is 0 Å². The topological polar surface area (TPSA) is 54.2 Å². The van der Waals surface area contributed by atoms with Crippen molar-refractivity contribution < 1.29 is 4.52 Å². The lowest BCUT2D eigenvalue weighted by atomic mass is 9.97. The van der Waals surface area contributed by atoms with Gasteiger partial charge in [-0.2, -0.15) is 4.98 Å². The standard InChI is InChI=1S/C14H26N4O/c1-5-12-9-18(13(8-15-12)10(2)3)7-6-14-16-11(4)17-19-14/h10,12-13,15H,5-9H2,1-4H3. The number of nitrogens with zero attached hydrogens (tertiary/aromatic N) is 3. The number of rotatable bonds is 5. The van der Waals surface area contributed by atoms with E-state index in [0.29, 0.717) is 18.0 Å². The van der Waals surface area contributed by atoms with Crippen molar-refractivity contribution in [1.82, 2.24) is 20.4 Å². The van der Waals surface area contributed by atoms with E-state index in [9.17, 15) is 0 Å². The third-order valence-corrected chi connectivity index (χ3v) is 3.98. The molecule has 1 aromatic rings. The number of hydrogen-bond donors (Lipinski definition) is 1. The van der Waals surface area contributed by atoms with E-state index in [4.69, 9.17) is 4.52 Å². The average molecular weight is 266 g/mol. The minimum atomic E-state index is 0.604. The van der Waals surface area contributed by atoms with Crippen LogP contribution < -0.4 is 5.32 Å². The molecule has 1 N–H and O–H groups in total. The molecule has 2 heterocycles. The van der Waals surface area contributed by atoms with Crippen LogP contribution in [0.4, 0.5) is 0 Å². The molecule has 1 fully saturated rings. The number of aromatic nitrogens is 2. The Hall–Kier alpha value is -0.940. The van der Waals surface area contributed by atoms with Gasteiger partial charge in [-0.05, 0) is 19.3 Å². The summed E-state index contributed by atoms with van der Waals surface area (Å²) in [5, 5.41) is 7.49. The van der Waals surface area contributed by atoms with Crippen LogP contribution in [0.1, 0.15) is 38.9 Å². The zero-order valence-corrected chi connectivity index (χ0v) is 12.5. The molecule has 0 aromatic carbocycles. The molecule has 0 aliphatic carbocycles. The fraction of sp³-hybridized carbons (Fsp3) is 0.857. The summed E-state index contributed by atoms with van der Waals surface area (Å²) in [7, 11) is 0. The molecule has 2 atom stereocenters. The highest BCUT2D eigenvalue weighted by molar-refractivity contribution is 4.90. The summed E-state index contributed by atoms with van der Waals surface area (Å²) in [4.78, 5) is 6.86. The molecule has 1 saturated heterocycles. The molecule has 1 aromatic heterocycles. The maximum Gasteiger partial charge on any atom is 0.227 e. The Labute approximate surface area is 115 Å². The van der Waals surface area contributed by atoms with E-state index in [2.05, 4.69) is 41.1 Å². The summed E-state index contributed by atoms with van der Waals surface area (Å²) in [6.07, 6.45) is 2.03. The van der Waals surface area contributed by atoms with Crippen molar-refractivity contribution in [3.05, 3.63) is 11.7 Å². The average Bonchev–Trinajstić information content (AvgIpc) is 2.81. The first kappa shape index (κ1) is 14.5. The van der Waals surface area contributed by atoms with E-state index in [1.807, 2.05) is 6.92 Å². The van der Waals surface area contributed by atoms with Crippen LogP contribution in [-0.4, -0.2) is 46.8 Å². The molecule has 2 unspecified atom stereocenters. The van der Waals surface area contributed by atoms with Crippen molar-refractivity contribution in [2.24, 2.45) is 5.92 Å². The van der Waals surface area contributed by atoms with Crippen LogP contribution in [0, 0.1) is 12.8 Å². The highest BCUT2D eigenvalue weighted by Crippen LogP contribution is 2.16. The summed E-state index contributed by atoms with van der Waals surface area (Å²) in [5.74, 6) is 2.14. The van der Waals surface area contributed by atoms with E-state index in [-0.39, 0.29) is 0 Å². The molecule has 0 amide bonds. The van der Waals surface area contributed by atoms with E-state index >= 15 is 0 Å². The summed E-state index contributed by atoms with van der Waals surface area (Å²) >= 11 is 0. The van der Waals surface area contributed by atoms with Gasteiger partial charge in [0.2, 0.25) is 5.89 Å². The monoisotopic (exact) mass is 266 g/mol. The Bertz CT molecular complexity index is 391. The molecule has 19 heavy (non-hydrogen) atoms. The van der Waals surface area contributed by atoms with Gasteiger partial charge in [-0.1, -0.05) is 25.9 Å². The number of nitrogens with one attached hydrogen (secondary N) is 1. The molecule has 5 heteroatoms. The molecule has 0 spiro atoms. The van der Waals surface area contributed by atoms with Crippen molar-refractivity contribution in [3.8, 4) is 0 Å². The maximum absolute atomic E-state index is 5.20. The zero-order chi connectivity index (χ0) is 13.8. The van der Waals surface area contributed by atoms with Gasteiger partial charge in [-0.3, -0.25) is 4.90 Å². The molecule has 1 aliphatic heterocycles. The molecule has 0 radical (unpaired) electrons. The van der Waals surface area contributed by atoms with E-state index in [0.717, 1.165) is 37.8 Å². The Morgan fingerprint density at radius 1 is 1.47 bits per heavy atom. The lowest BCUT2D eigenvalue weighted by molar-refractivity contribution is 0.0960. The van der Waals surface area contributed by atoms with Crippen molar-refractivity contribution >= 4 is 0 Å². The second-order valence-corrected chi connectivity index (χ2v) is 5.81. The van der Waals surface area contributed by atoms with Gasteiger partial charge in [0.15, 0.2) is 5.82 Å². The molecule has 0 bridgehead atoms. The molecular formula is C14H26N4O. The van der Waals surface area contributed by atoms with Crippen LogP contribution in [0.2, 0.25) is 0 Å². The third-order valence-electron chi connectivity index (χ3n) is 3.98. The fourth-order valence-corrected chi connectivity index (χ4v) is 2.77. The zero-order valence-electron chi connectivity index (χ0n) is 12.5. The lowest BCUT2D eigenvalue weighted by Crippen LogP contribution is -2.58. The molecule has 0 saturated carbocycles. The molecule has 1 aliphatic rings. The van der Waals surface area contributed by atoms with Crippen molar-refractivity contribution in [2.75, 3.05) is 19.6 Å². The van der Waals surface area contributed by atoms with Gasteiger partial charge < -0.3 is 9.84 Å². The molecular weight excluding hydrogens is 240 g/mol. The van der Waals surface area contributed by atoms with Crippen LogP contribution in [-0.2, 0) is 6.42 Å². The van der Waals surface area contributed by atoms with Crippen LogP contribution in [0.3, 0.4) is 0 Å². The van der Waals surface area contributed by atoms with Crippen molar-refractivity contribution in [3.63, 3.8) is 0 Å². The Morgan fingerprint density at radius 2 is 2.26 bits per heavy atom. The molecule has 2 rings (SSSR count). The number of hydrogen-bond acceptors (Lipinski definition) is 5. The van der Waals surface area contributed by atoms with Crippen molar-refractivity contribution in [1.29, 1.82) is 0 Å². The fourth-order valence-electron chi connectivity index (χ4n) is 2.77. The smallest absolute Gasteiger partial charge is 0.227 e. The number of aryl methyl sites for hydroxylation is 1. The summed E-state index contributed by atoms with van der Waals surface area (Å²) in [6, 6.07) is 1.21. The van der Waals surface area contributed by atoms with E-state index in [1.54, 1.807) is 0 Å². The predicted molar refractivity (Wildman–Crippen MR) is 75.0 cm³/mol. The van der Waals surface area contributed by atoms with Gasteiger partial charge >= 0.3 is 0 Å². The second-order valence-electron chi connectivity index (χ2n) is 5.81. The van der Waals surface area contributed by atoms with E-state index < -0.39 is 0 Å². The highest BCUT2D eigenvalue weighted by atomic mass is 16.5. The number of piperazine rings is 1. The summed E-state index contributed by atoms with van der Waals surface area (Å²) in [5.41, 5.74) is 0. The van der Waals surface area contributed by atoms with Gasteiger partial charge in [0.05, 0.1) is 0 Å². The minimum Gasteiger partial charge on any atom is -0.339 e. The maximum atomic E-state index is 5.20. The van der Waals surface area contributed by atoms with Gasteiger partial charge in [-0.25, -0.2) is 0 Å². The third kappa shape index (κ3) is 3.76. The van der Waals surface area contributed by atoms with Gasteiger partial charge in [0.25, 0.3) is 0 Å². The van der Waals surface area contributed by atoms with E-state index in [1.165, 1.54) is 6.42 Å². The highest BCUT2D eigenvalue weighted by Gasteiger charge is 2.28. The predicted octanol–water partition coefficient (Wildman–Crippen LogP) is 1.63. The normalized spacial score (nSPS) is 25.1. The first-order valence-electron chi connectivity index (χ1n) is 7.36. The van der Waals surface area contributed by atoms with Gasteiger partial charge in [0.1, 0.15) is 0 Å². The second kappa shape index (κ2) is 6.48. The Morgan fingerprint density at radius 3 is 2.84 bits per heavy atom. The summed E-state index contributed by atoms with van der Waals surface area (Å²) < 4.78 is 5.20. The quantitative estimate of drug-likeness (QED) is 0.878. The lowest BCUT2D eigenvalue weighted by Gasteiger charge is -2.42. The largest absolute Gasteiger partial charge is 0.339 e. The first-order valence-corrected chi connectivity index (χ1v) is 7.36. The minimum absolute atomic E-state index is 0.604. The van der Waals surface area contributed by atoms with Crippen LogP contribution >= 0.6 is 0 Å². The SMILES string of the molecule is CCC1CN(CCc2nc(C)no2)C(C(C)C)CN1. The Kier molecular flexibility index (Phi) is 4.93. The Balaban J connectivity index is 1.93. The summed E-state index contributed by atoms with van der Waals surface area (Å²) in [6.45, 7) is 11.9.